The number of nitrogens with zero attached hydrogens (tertiary/aromatic N) is 1. The molecular weight excluding hydrogens is 216 g/mol. The number of benzene rings is 1. The van der Waals surface area contributed by atoms with E-state index in [1.165, 1.54) is 7.11 Å². The molecule has 1 N–H and O–H groups in total. The Morgan fingerprint density at radius 1 is 1.47 bits per heavy atom. The number of anilines is 2. The summed E-state index contributed by atoms with van der Waals surface area (Å²) >= 11 is 0. The van der Waals surface area contributed by atoms with Gasteiger partial charge in [-0.2, -0.15) is 0 Å². The molecule has 1 heterocycles. The molecule has 0 radical (unpaired) electrons. The van der Waals surface area contributed by atoms with Crippen LogP contribution in [0.3, 0.4) is 0 Å². The number of nitrogens with one attached hydrogen (secondary N) is 1. The van der Waals surface area contributed by atoms with Crippen molar-refractivity contribution in [1.29, 1.82) is 0 Å². The van der Waals surface area contributed by atoms with Crippen molar-refractivity contribution in [3.05, 3.63) is 23.8 Å². The maximum atomic E-state index is 11.5. The predicted octanol–water partition coefficient (Wildman–Crippen LogP) is 2.11. The number of hydrogen-bond donors (Lipinski definition) is 1. The van der Waals surface area contributed by atoms with Gasteiger partial charge in [0.1, 0.15) is 0 Å². The van der Waals surface area contributed by atoms with Crippen LogP contribution in [0, 0.1) is 0 Å². The van der Waals surface area contributed by atoms with Gasteiger partial charge in [0.05, 0.1) is 24.0 Å². The van der Waals surface area contributed by atoms with E-state index in [4.69, 9.17) is 4.74 Å². The van der Waals surface area contributed by atoms with E-state index >= 15 is 0 Å². The summed E-state index contributed by atoms with van der Waals surface area (Å²) in [5.41, 5.74) is 2.71. The standard InChI is InChI=1S/C13H18N2O2/c1-13(2)8-15(3)11-7-9(12(16)17-4)5-6-10(11)14-13/h5-7,14H,8H2,1-4H3. The number of ether oxygens (including phenoxy) is 1. The second kappa shape index (κ2) is 3.95. The smallest absolute Gasteiger partial charge is 0.337 e. The largest absolute Gasteiger partial charge is 0.465 e. The summed E-state index contributed by atoms with van der Waals surface area (Å²) in [6.07, 6.45) is 0. The van der Waals surface area contributed by atoms with E-state index in [1.807, 2.05) is 19.2 Å². The summed E-state index contributed by atoms with van der Waals surface area (Å²) in [5, 5.41) is 3.46. The highest BCUT2D eigenvalue weighted by Gasteiger charge is 2.27. The summed E-state index contributed by atoms with van der Waals surface area (Å²) in [7, 11) is 3.43. The first-order valence-electron chi connectivity index (χ1n) is 5.65. The van der Waals surface area contributed by atoms with Crippen molar-refractivity contribution in [3.63, 3.8) is 0 Å². The van der Waals surface area contributed by atoms with Gasteiger partial charge in [0.2, 0.25) is 0 Å². The normalized spacial score (nSPS) is 17.1. The van der Waals surface area contributed by atoms with Crippen LogP contribution in [0.5, 0.6) is 0 Å². The third-order valence-electron chi connectivity index (χ3n) is 2.94. The molecule has 2 rings (SSSR count). The van der Waals surface area contributed by atoms with E-state index in [2.05, 4.69) is 24.1 Å². The lowest BCUT2D eigenvalue weighted by atomic mass is 9.99. The maximum absolute atomic E-state index is 11.5. The van der Waals surface area contributed by atoms with E-state index < -0.39 is 0 Å². The maximum Gasteiger partial charge on any atom is 0.337 e. The number of rotatable bonds is 1. The Bertz CT molecular complexity index is 455. The van der Waals surface area contributed by atoms with Gasteiger partial charge in [0, 0.05) is 19.1 Å². The number of carbonyl (C=O) groups is 1. The van der Waals surface area contributed by atoms with Gasteiger partial charge in [-0.15, -0.1) is 0 Å². The zero-order valence-corrected chi connectivity index (χ0v) is 10.7. The topological polar surface area (TPSA) is 41.6 Å². The molecule has 0 aromatic heterocycles. The van der Waals surface area contributed by atoms with E-state index in [0.29, 0.717) is 5.56 Å². The van der Waals surface area contributed by atoms with Crippen LogP contribution in [-0.4, -0.2) is 32.2 Å². The lowest BCUT2D eigenvalue weighted by Gasteiger charge is -2.40. The van der Waals surface area contributed by atoms with Gasteiger partial charge in [-0.1, -0.05) is 0 Å². The van der Waals surface area contributed by atoms with Crippen molar-refractivity contribution in [3.8, 4) is 0 Å². The van der Waals surface area contributed by atoms with Crippen LogP contribution >= 0.6 is 0 Å². The molecule has 1 aromatic rings. The molecule has 4 nitrogen and oxygen atoms in total. The van der Waals surface area contributed by atoms with Gasteiger partial charge in [-0.25, -0.2) is 4.79 Å². The molecule has 1 aliphatic heterocycles. The Morgan fingerprint density at radius 3 is 2.82 bits per heavy atom. The number of likely N-dealkylation sites (N-methyl/N-ethyl adjacent to an activating group) is 1. The molecule has 0 unspecified atom stereocenters. The second-order valence-corrected chi connectivity index (χ2v) is 5.09. The van der Waals surface area contributed by atoms with Crippen molar-refractivity contribution in [2.75, 3.05) is 30.9 Å². The Kier molecular flexibility index (Phi) is 2.73. The summed E-state index contributed by atoms with van der Waals surface area (Å²) in [6.45, 7) is 5.20. The summed E-state index contributed by atoms with van der Waals surface area (Å²) in [5.74, 6) is -0.300. The first-order valence-corrected chi connectivity index (χ1v) is 5.65. The lowest BCUT2D eigenvalue weighted by Crippen LogP contribution is -2.46. The van der Waals surface area contributed by atoms with Crippen molar-refractivity contribution < 1.29 is 9.53 Å². The van der Waals surface area contributed by atoms with Crippen LogP contribution in [0.1, 0.15) is 24.2 Å². The molecule has 4 heteroatoms. The van der Waals surface area contributed by atoms with Gasteiger partial charge in [-0.3, -0.25) is 0 Å². The molecule has 1 aliphatic rings. The van der Waals surface area contributed by atoms with Crippen LogP contribution in [0.15, 0.2) is 18.2 Å². The fraction of sp³-hybridized carbons (Fsp3) is 0.462. The molecule has 92 valence electrons. The minimum atomic E-state index is -0.300. The molecule has 0 spiro atoms. The minimum absolute atomic E-state index is 0.0362. The molecule has 0 aliphatic carbocycles. The Morgan fingerprint density at radius 2 is 2.18 bits per heavy atom. The highest BCUT2D eigenvalue weighted by molar-refractivity contribution is 5.92. The zero-order valence-electron chi connectivity index (χ0n) is 10.7. The predicted molar refractivity (Wildman–Crippen MR) is 68.8 cm³/mol. The monoisotopic (exact) mass is 234 g/mol. The molecule has 0 saturated heterocycles. The van der Waals surface area contributed by atoms with Crippen LogP contribution in [-0.2, 0) is 4.74 Å². The molecule has 17 heavy (non-hydrogen) atoms. The van der Waals surface area contributed by atoms with Gasteiger partial charge in [-0.05, 0) is 32.0 Å². The number of esters is 1. The average Bonchev–Trinajstić information content (AvgIpc) is 2.26. The Labute approximate surface area is 102 Å². The fourth-order valence-corrected chi connectivity index (χ4v) is 2.28. The third-order valence-corrected chi connectivity index (χ3v) is 2.94. The molecular formula is C13H18N2O2. The number of methoxy groups -OCH3 is 1. The summed E-state index contributed by atoms with van der Waals surface area (Å²) in [6, 6.07) is 5.58. The van der Waals surface area contributed by atoms with Crippen molar-refractivity contribution >= 4 is 17.3 Å². The zero-order chi connectivity index (χ0) is 12.6. The molecule has 0 amide bonds. The molecule has 0 bridgehead atoms. The third kappa shape index (κ3) is 2.20. The number of carbonyl (C=O) groups excluding carboxylic acids is 1. The Balaban J connectivity index is 2.40. The van der Waals surface area contributed by atoms with Crippen LogP contribution in [0.4, 0.5) is 11.4 Å². The first kappa shape index (κ1) is 11.8. The summed E-state index contributed by atoms with van der Waals surface area (Å²) < 4.78 is 4.73. The molecule has 0 fully saturated rings. The average molecular weight is 234 g/mol. The first-order chi connectivity index (χ1) is 7.93. The number of fused-ring (bicyclic) bond motifs is 1. The van der Waals surface area contributed by atoms with Gasteiger partial charge >= 0.3 is 5.97 Å². The van der Waals surface area contributed by atoms with E-state index in [0.717, 1.165) is 17.9 Å². The lowest BCUT2D eigenvalue weighted by molar-refractivity contribution is 0.0601. The molecule has 0 saturated carbocycles. The van der Waals surface area contributed by atoms with Crippen molar-refractivity contribution in [2.24, 2.45) is 0 Å². The van der Waals surface area contributed by atoms with Crippen molar-refractivity contribution in [1.82, 2.24) is 0 Å². The Hall–Kier alpha value is -1.71. The van der Waals surface area contributed by atoms with Gasteiger partial charge < -0.3 is 15.0 Å². The van der Waals surface area contributed by atoms with E-state index in [-0.39, 0.29) is 11.5 Å². The van der Waals surface area contributed by atoms with Crippen LogP contribution < -0.4 is 10.2 Å². The van der Waals surface area contributed by atoms with Crippen LogP contribution in [0.2, 0.25) is 0 Å². The minimum Gasteiger partial charge on any atom is -0.465 e. The summed E-state index contributed by atoms with van der Waals surface area (Å²) in [4.78, 5) is 13.6. The molecule has 1 aromatic carbocycles. The number of hydrogen-bond acceptors (Lipinski definition) is 4. The quantitative estimate of drug-likeness (QED) is 0.756. The van der Waals surface area contributed by atoms with E-state index in [9.17, 15) is 4.79 Å². The van der Waals surface area contributed by atoms with Gasteiger partial charge in [0.25, 0.3) is 0 Å². The fourth-order valence-electron chi connectivity index (χ4n) is 2.28. The highest BCUT2D eigenvalue weighted by atomic mass is 16.5. The highest BCUT2D eigenvalue weighted by Crippen LogP contribution is 2.34. The van der Waals surface area contributed by atoms with Gasteiger partial charge in [0.15, 0.2) is 0 Å². The van der Waals surface area contributed by atoms with Crippen LogP contribution in [0.25, 0.3) is 0 Å². The SMILES string of the molecule is COC(=O)c1ccc2c(c1)N(C)CC(C)(C)N2. The van der Waals surface area contributed by atoms with Crippen molar-refractivity contribution in [2.45, 2.75) is 19.4 Å². The molecule has 0 atom stereocenters. The van der Waals surface area contributed by atoms with E-state index in [1.54, 1.807) is 6.07 Å². The second-order valence-electron chi connectivity index (χ2n) is 5.09.